The molecule has 70 valence electrons. The fourth-order valence-electron chi connectivity index (χ4n) is 1.11. The van der Waals surface area contributed by atoms with Gasteiger partial charge in [0, 0.05) is 12.5 Å². The van der Waals surface area contributed by atoms with Crippen LogP contribution in [0.2, 0.25) is 0 Å². The largest absolute Gasteiger partial charge is 0.508 e. The van der Waals surface area contributed by atoms with E-state index >= 15 is 0 Å². The highest BCUT2D eigenvalue weighted by Crippen LogP contribution is 2.21. The lowest BCUT2D eigenvalue weighted by molar-refractivity contribution is -0.107. The van der Waals surface area contributed by atoms with Crippen molar-refractivity contribution in [3.63, 3.8) is 0 Å². The number of phenols is 1. The molecule has 0 radical (unpaired) electrons. The Hall–Kier alpha value is -1.51. The summed E-state index contributed by atoms with van der Waals surface area (Å²) in [5, 5.41) is 9.25. The monoisotopic (exact) mass is 180 g/mol. The molecule has 0 atom stereocenters. The number of hydrogen-bond donors (Lipinski definition) is 1. The normalized spacial score (nSPS) is 9.62. The molecule has 0 saturated carbocycles. The first-order chi connectivity index (χ1) is 6.26. The van der Waals surface area contributed by atoms with Gasteiger partial charge in [-0.2, -0.15) is 0 Å². The van der Waals surface area contributed by atoms with Gasteiger partial charge in [-0.3, -0.25) is 0 Å². The third-order valence-corrected chi connectivity index (χ3v) is 1.58. The van der Waals surface area contributed by atoms with Crippen LogP contribution >= 0.6 is 0 Å². The van der Waals surface area contributed by atoms with Gasteiger partial charge < -0.3 is 14.6 Å². The van der Waals surface area contributed by atoms with E-state index in [1.165, 1.54) is 6.07 Å². The first kappa shape index (κ1) is 9.58. The Bertz CT molecular complexity index is 294. The highest BCUT2D eigenvalue weighted by molar-refractivity contribution is 5.56. The van der Waals surface area contributed by atoms with Crippen molar-refractivity contribution in [2.45, 2.75) is 13.3 Å². The summed E-state index contributed by atoms with van der Waals surface area (Å²) in [6.45, 7) is 2.41. The summed E-state index contributed by atoms with van der Waals surface area (Å²) >= 11 is 0. The third-order valence-electron chi connectivity index (χ3n) is 1.58. The van der Waals surface area contributed by atoms with Gasteiger partial charge in [-0.15, -0.1) is 0 Å². The van der Waals surface area contributed by atoms with E-state index < -0.39 is 0 Å². The third kappa shape index (κ3) is 2.78. The second kappa shape index (κ2) is 4.50. The summed E-state index contributed by atoms with van der Waals surface area (Å²) in [4.78, 5) is 10.2. The first-order valence-corrected chi connectivity index (χ1v) is 4.15. The number of benzene rings is 1. The summed E-state index contributed by atoms with van der Waals surface area (Å²) in [6, 6.07) is 4.83. The van der Waals surface area contributed by atoms with E-state index in [0.717, 1.165) is 11.8 Å². The maximum Gasteiger partial charge on any atom is 0.124 e. The van der Waals surface area contributed by atoms with Crippen LogP contribution in [0.25, 0.3) is 0 Å². The number of hydrogen-bond acceptors (Lipinski definition) is 3. The molecular weight excluding hydrogens is 168 g/mol. The van der Waals surface area contributed by atoms with Gasteiger partial charge >= 0.3 is 0 Å². The standard InChI is InChI=1S/C10H12O3/c1-2-13-10-6-8(3-4-11)5-9(12)7-10/h4-7,12H,2-3H2,1H3. The summed E-state index contributed by atoms with van der Waals surface area (Å²) in [5.74, 6) is 0.724. The predicted molar refractivity (Wildman–Crippen MR) is 49.0 cm³/mol. The van der Waals surface area contributed by atoms with E-state index in [4.69, 9.17) is 4.74 Å². The summed E-state index contributed by atoms with van der Waals surface area (Å²) < 4.78 is 5.20. The molecule has 13 heavy (non-hydrogen) atoms. The summed E-state index contributed by atoms with van der Waals surface area (Å²) in [5.41, 5.74) is 0.762. The second-order valence-electron chi connectivity index (χ2n) is 2.64. The van der Waals surface area contributed by atoms with Crippen LogP contribution in [0.15, 0.2) is 18.2 Å². The quantitative estimate of drug-likeness (QED) is 0.715. The van der Waals surface area contributed by atoms with Crippen molar-refractivity contribution in [2.24, 2.45) is 0 Å². The zero-order valence-electron chi connectivity index (χ0n) is 7.49. The molecule has 0 saturated heterocycles. The van der Waals surface area contributed by atoms with Crippen molar-refractivity contribution in [3.05, 3.63) is 23.8 Å². The molecule has 0 fully saturated rings. The molecule has 0 heterocycles. The molecule has 0 aliphatic rings. The van der Waals surface area contributed by atoms with Gasteiger partial charge in [0.15, 0.2) is 0 Å². The topological polar surface area (TPSA) is 46.5 Å². The molecular formula is C10H12O3. The molecule has 0 bridgehead atoms. The maximum atomic E-state index is 10.2. The number of aromatic hydroxyl groups is 1. The first-order valence-electron chi connectivity index (χ1n) is 4.15. The van der Waals surface area contributed by atoms with E-state index in [2.05, 4.69) is 0 Å². The molecule has 1 aromatic rings. The molecule has 0 unspecified atom stereocenters. The van der Waals surface area contributed by atoms with E-state index in [-0.39, 0.29) is 5.75 Å². The Labute approximate surface area is 77.0 Å². The van der Waals surface area contributed by atoms with E-state index in [1.807, 2.05) is 6.92 Å². The van der Waals surface area contributed by atoms with Crippen LogP contribution in [0.4, 0.5) is 0 Å². The van der Waals surface area contributed by atoms with E-state index in [0.29, 0.717) is 18.8 Å². The molecule has 0 aliphatic heterocycles. The minimum absolute atomic E-state index is 0.128. The fraction of sp³-hybridized carbons (Fsp3) is 0.300. The zero-order chi connectivity index (χ0) is 9.68. The molecule has 3 heteroatoms. The zero-order valence-corrected chi connectivity index (χ0v) is 7.49. The molecule has 1 N–H and O–H groups in total. The van der Waals surface area contributed by atoms with Crippen LogP contribution in [0.1, 0.15) is 12.5 Å². The average Bonchev–Trinajstić information content (AvgIpc) is 2.04. The lowest BCUT2D eigenvalue weighted by Crippen LogP contribution is -1.93. The van der Waals surface area contributed by atoms with Crippen LogP contribution in [0, 0.1) is 0 Å². The van der Waals surface area contributed by atoms with Crippen molar-refractivity contribution < 1.29 is 14.6 Å². The van der Waals surface area contributed by atoms with Crippen molar-refractivity contribution in [3.8, 4) is 11.5 Å². The lowest BCUT2D eigenvalue weighted by atomic mass is 10.1. The molecule has 0 amide bonds. The van der Waals surface area contributed by atoms with E-state index in [9.17, 15) is 9.90 Å². The molecule has 0 aliphatic carbocycles. The molecule has 1 rings (SSSR count). The Morgan fingerprint density at radius 2 is 2.23 bits per heavy atom. The van der Waals surface area contributed by atoms with Gasteiger partial charge in [-0.05, 0) is 24.6 Å². The molecule has 3 nitrogen and oxygen atoms in total. The van der Waals surface area contributed by atoms with Gasteiger partial charge in [0.25, 0.3) is 0 Å². The van der Waals surface area contributed by atoms with Crippen molar-refractivity contribution >= 4 is 6.29 Å². The fourth-order valence-corrected chi connectivity index (χ4v) is 1.11. The predicted octanol–water partition coefficient (Wildman–Crippen LogP) is 1.53. The van der Waals surface area contributed by atoms with Gasteiger partial charge in [0.1, 0.15) is 17.8 Å². The van der Waals surface area contributed by atoms with Crippen molar-refractivity contribution in [1.29, 1.82) is 0 Å². The number of carbonyl (C=O) groups excluding carboxylic acids is 1. The Morgan fingerprint density at radius 3 is 2.85 bits per heavy atom. The summed E-state index contributed by atoms with van der Waals surface area (Å²) in [6.07, 6.45) is 1.10. The van der Waals surface area contributed by atoms with Crippen LogP contribution in [-0.4, -0.2) is 18.0 Å². The van der Waals surface area contributed by atoms with Gasteiger partial charge in [0.2, 0.25) is 0 Å². The Kier molecular flexibility index (Phi) is 3.31. The average molecular weight is 180 g/mol. The van der Waals surface area contributed by atoms with Crippen molar-refractivity contribution in [2.75, 3.05) is 6.61 Å². The Morgan fingerprint density at radius 1 is 1.46 bits per heavy atom. The van der Waals surface area contributed by atoms with Gasteiger partial charge in [-0.1, -0.05) is 0 Å². The minimum Gasteiger partial charge on any atom is -0.508 e. The van der Waals surface area contributed by atoms with Crippen LogP contribution < -0.4 is 4.74 Å². The number of aldehydes is 1. The minimum atomic E-state index is 0.128. The highest BCUT2D eigenvalue weighted by Gasteiger charge is 1.99. The van der Waals surface area contributed by atoms with E-state index in [1.54, 1.807) is 12.1 Å². The smallest absolute Gasteiger partial charge is 0.124 e. The number of carbonyl (C=O) groups is 1. The van der Waals surface area contributed by atoms with Crippen molar-refractivity contribution in [1.82, 2.24) is 0 Å². The van der Waals surface area contributed by atoms with Crippen LogP contribution in [-0.2, 0) is 11.2 Å². The SMILES string of the molecule is CCOc1cc(O)cc(CC=O)c1. The Balaban J connectivity index is 2.89. The molecule has 1 aromatic carbocycles. The lowest BCUT2D eigenvalue weighted by Gasteiger charge is -2.05. The number of rotatable bonds is 4. The number of phenolic OH excluding ortho intramolecular Hbond substituents is 1. The van der Waals surface area contributed by atoms with Crippen LogP contribution in [0.3, 0.4) is 0 Å². The molecule has 0 aromatic heterocycles. The highest BCUT2D eigenvalue weighted by atomic mass is 16.5. The van der Waals surface area contributed by atoms with Gasteiger partial charge in [-0.25, -0.2) is 0 Å². The molecule has 0 spiro atoms. The maximum absolute atomic E-state index is 10.2. The summed E-state index contributed by atoms with van der Waals surface area (Å²) in [7, 11) is 0. The van der Waals surface area contributed by atoms with Crippen LogP contribution in [0.5, 0.6) is 11.5 Å². The number of ether oxygens (including phenoxy) is 1. The van der Waals surface area contributed by atoms with Gasteiger partial charge in [0.05, 0.1) is 6.61 Å². The second-order valence-corrected chi connectivity index (χ2v) is 2.64.